The van der Waals surface area contributed by atoms with Crippen molar-refractivity contribution in [1.29, 1.82) is 0 Å². The van der Waals surface area contributed by atoms with Crippen LogP contribution in [0.25, 0.3) is 0 Å². The number of hydrogen-bond donors (Lipinski definition) is 2. The maximum absolute atomic E-state index is 10.9. The van der Waals surface area contributed by atoms with E-state index in [9.17, 15) is 15.2 Å². The lowest BCUT2D eigenvalue weighted by molar-refractivity contribution is -0.386. The summed E-state index contributed by atoms with van der Waals surface area (Å²) in [7, 11) is 1.30. The molecule has 0 amide bonds. The standard InChI is InChI=1S/C11H11N5O4S/c1-6-13-14-11(21)15(6)12-5-7-3-8(16(18)19)10(17)9(4-7)20-2/h3-5,17H,1-2H3,(H,14,21)/b12-5-. The number of aromatic nitrogens is 3. The molecule has 0 fully saturated rings. The molecule has 0 radical (unpaired) electrons. The Morgan fingerprint density at radius 3 is 2.86 bits per heavy atom. The molecule has 0 spiro atoms. The molecule has 0 bridgehead atoms. The van der Waals surface area contributed by atoms with Gasteiger partial charge in [0.15, 0.2) is 5.75 Å². The molecule has 2 N–H and O–H groups in total. The Kier molecular flexibility index (Phi) is 3.98. The van der Waals surface area contributed by atoms with Crippen LogP contribution in [0, 0.1) is 21.8 Å². The number of nitrogens with zero attached hydrogens (tertiary/aromatic N) is 4. The predicted octanol–water partition coefficient (Wildman–Crippen LogP) is 1.75. The minimum Gasteiger partial charge on any atom is -0.500 e. The van der Waals surface area contributed by atoms with E-state index in [0.29, 0.717) is 16.2 Å². The van der Waals surface area contributed by atoms with E-state index in [1.54, 1.807) is 6.92 Å². The summed E-state index contributed by atoms with van der Waals surface area (Å²) in [6, 6.07) is 2.60. The van der Waals surface area contributed by atoms with Gasteiger partial charge in [-0.25, -0.2) is 0 Å². The number of hydrogen-bond acceptors (Lipinski definition) is 7. The Balaban J connectivity index is 2.48. The number of phenolic OH excluding ortho intramolecular Hbond substituents is 1. The molecule has 110 valence electrons. The number of ether oxygens (including phenoxy) is 1. The average molecular weight is 309 g/mol. The van der Waals surface area contributed by atoms with Crippen molar-refractivity contribution in [2.45, 2.75) is 6.92 Å². The van der Waals surface area contributed by atoms with Crippen molar-refractivity contribution in [2.24, 2.45) is 5.10 Å². The van der Waals surface area contributed by atoms with Crippen molar-refractivity contribution < 1.29 is 14.8 Å². The van der Waals surface area contributed by atoms with Gasteiger partial charge in [0.2, 0.25) is 10.5 Å². The Morgan fingerprint density at radius 1 is 1.62 bits per heavy atom. The third-order valence-electron chi connectivity index (χ3n) is 2.63. The molecular weight excluding hydrogens is 298 g/mol. The number of methoxy groups -OCH3 is 1. The molecule has 10 heteroatoms. The van der Waals surface area contributed by atoms with Gasteiger partial charge in [0.1, 0.15) is 5.82 Å². The molecule has 21 heavy (non-hydrogen) atoms. The maximum atomic E-state index is 10.9. The molecule has 0 aliphatic rings. The fraction of sp³-hybridized carbons (Fsp3) is 0.182. The highest BCUT2D eigenvalue weighted by Crippen LogP contribution is 2.36. The summed E-state index contributed by atoms with van der Waals surface area (Å²) in [5.74, 6) is -0.00888. The van der Waals surface area contributed by atoms with Gasteiger partial charge in [0.05, 0.1) is 18.2 Å². The SMILES string of the molecule is COc1cc(/C=N\n2c(C)n[nH]c2=S)cc([N+](=O)[O-])c1O. The van der Waals surface area contributed by atoms with E-state index in [1.807, 2.05) is 0 Å². The van der Waals surface area contributed by atoms with Crippen molar-refractivity contribution in [3.8, 4) is 11.5 Å². The van der Waals surface area contributed by atoms with Crippen LogP contribution in [0.5, 0.6) is 11.5 Å². The fourth-order valence-corrected chi connectivity index (χ4v) is 1.84. The largest absolute Gasteiger partial charge is 0.500 e. The highest BCUT2D eigenvalue weighted by atomic mass is 32.1. The lowest BCUT2D eigenvalue weighted by Crippen LogP contribution is -1.97. The lowest BCUT2D eigenvalue weighted by Gasteiger charge is -2.05. The van der Waals surface area contributed by atoms with Gasteiger partial charge < -0.3 is 9.84 Å². The second-order valence-electron chi connectivity index (χ2n) is 3.98. The van der Waals surface area contributed by atoms with Crippen molar-refractivity contribution >= 4 is 24.1 Å². The molecule has 0 saturated carbocycles. The first kappa shape index (κ1) is 14.7. The van der Waals surface area contributed by atoms with E-state index in [-0.39, 0.29) is 5.75 Å². The first-order valence-electron chi connectivity index (χ1n) is 5.67. The lowest BCUT2D eigenvalue weighted by atomic mass is 10.2. The Hall–Kier alpha value is -2.75. The first-order chi connectivity index (χ1) is 9.93. The molecule has 2 aromatic rings. The van der Waals surface area contributed by atoms with E-state index < -0.39 is 16.4 Å². The van der Waals surface area contributed by atoms with Crippen LogP contribution >= 0.6 is 12.2 Å². The molecule has 9 nitrogen and oxygen atoms in total. The highest BCUT2D eigenvalue weighted by Gasteiger charge is 2.19. The summed E-state index contributed by atoms with van der Waals surface area (Å²) in [5, 5.41) is 31.1. The number of H-pyrrole nitrogens is 1. The number of nitro benzene ring substituents is 1. The van der Waals surface area contributed by atoms with Crippen LogP contribution in [-0.4, -0.2) is 38.2 Å². The number of benzene rings is 1. The summed E-state index contributed by atoms with van der Waals surface area (Å²) in [5.41, 5.74) is -0.0952. The third-order valence-corrected chi connectivity index (χ3v) is 2.89. The number of nitrogens with one attached hydrogen (secondary N) is 1. The minimum absolute atomic E-state index is 0.0156. The van der Waals surface area contributed by atoms with Crippen LogP contribution in [0.4, 0.5) is 5.69 Å². The van der Waals surface area contributed by atoms with E-state index in [4.69, 9.17) is 17.0 Å². The van der Waals surface area contributed by atoms with Gasteiger partial charge in [0.25, 0.3) is 0 Å². The quantitative estimate of drug-likeness (QED) is 0.384. The van der Waals surface area contributed by atoms with Gasteiger partial charge in [-0.2, -0.15) is 14.9 Å². The van der Waals surface area contributed by atoms with Crippen molar-refractivity contribution in [3.05, 3.63) is 38.4 Å². The van der Waals surface area contributed by atoms with Crippen LogP contribution in [-0.2, 0) is 0 Å². The molecular formula is C11H11N5O4S. The number of rotatable bonds is 4. The minimum atomic E-state index is -0.704. The monoisotopic (exact) mass is 309 g/mol. The molecule has 0 aliphatic carbocycles. The molecule has 0 unspecified atom stereocenters. The molecule has 2 rings (SSSR count). The number of phenols is 1. The highest BCUT2D eigenvalue weighted by molar-refractivity contribution is 7.71. The normalized spacial score (nSPS) is 11.0. The van der Waals surface area contributed by atoms with Crippen molar-refractivity contribution in [2.75, 3.05) is 7.11 Å². The number of aromatic amines is 1. The Bertz CT molecular complexity index is 779. The molecule has 0 aliphatic heterocycles. The molecule has 0 atom stereocenters. The van der Waals surface area contributed by atoms with Crippen molar-refractivity contribution in [1.82, 2.24) is 14.9 Å². The third kappa shape index (κ3) is 2.89. The first-order valence-corrected chi connectivity index (χ1v) is 6.08. The second kappa shape index (κ2) is 5.71. The number of aromatic hydroxyl groups is 1. The Morgan fingerprint density at radius 2 is 2.33 bits per heavy atom. The van der Waals surface area contributed by atoms with Crippen LogP contribution in [0.2, 0.25) is 0 Å². The van der Waals surface area contributed by atoms with E-state index in [2.05, 4.69) is 15.3 Å². The topological polar surface area (TPSA) is 119 Å². The van der Waals surface area contributed by atoms with Crippen molar-refractivity contribution in [3.63, 3.8) is 0 Å². The van der Waals surface area contributed by atoms with Gasteiger partial charge in [-0.05, 0) is 25.2 Å². The summed E-state index contributed by atoms with van der Waals surface area (Å²) in [6.07, 6.45) is 1.35. The van der Waals surface area contributed by atoms with Gasteiger partial charge in [0, 0.05) is 11.6 Å². The predicted molar refractivity (Wildman–Crippen MR) is 76.5 cm³/mol. The fourth-order valence-electron chi connectivity index (χ4n) is 1.61. The molecule has 1 aromatic carbocycles. The van der Waals surface area contributed by atoms with E-state index >= 15 is 0 Å². The molecule has 1 aromatic heterocycles. The second-order valence-corrected chi connectivity index (χ2v) is 4.37. The van der Waals surface area contributed by atoms with E-state index in [1.165, 1.54) is 30.1 Å². The Labute approximate surface area is 123 Å². The molecule has 1 heterocycles. The number of nitro groups is 1. The van der Waals surface area contributed by atoms with Crippen LogP contribution in [0.15, 0.2) is 17.2 Å². The van der Waals surface area contributed by atoms with Gasteiger partial charge >= 0.3 is 5.69 Å². The van der Waals surface area contributed by atoms with Crippen LogP contribution in [0.1, 0.15) is 11.4 Å². The summed E-state index contributed by atoms with van der Waals surface area (Å²) in [4.78, 5) is 10.2. The maximum Gasteiger partial charge on any atom is 0.315 e. The van der Waals surface area contributed by atoms with Crippen LogP contribution in [0.3, 0.4) is 0 Å². The van der Waals surface area contributed by atoms with Gasteiger partial charge in [-0.1, -0.05) is 0 Å². The summed E-state index contributed by atoms with van der Waals surface area (Å²) >= 11 is 4.98. The average Bonchev–Trinajstić information content (AvgIpc) is 2.76. The zero-order valence-corrected chi connectivity index (χ0v) is 11.9. The summed E-state index contributed by atoms with van der Waals surface area (Å²) < 4.78 is 6.56. The van der Waals surface area contributed by atoms with Gasteiger partial charge in [-0.15, -0.1) is 0 Å². The zero-order chi connectivity index (χ0) is 15.6. The summed E-state index contributed by atoms with van der Waals surface area (Å²) in [6.45, 7) is 1.70. The molecule has 0 saturated heterocycles. The smallest absolute Gasteiger partial charge is 0.315 e. The zero-order valence-electron chi connectivity index (χ0n) is 11.1. The van der Waals surface area contributed by atoms with Crippen LogP contribution < -0.4 is 4.74 Å². The number of aryl methyl sites for hydroxylation is 1. The van der Waals surface area contributed by atoms with Gasteiger partial charge in [-0.3, -0.25) is 15.2 Å². The van der Waals surface area contributed by atoms with E-state index in [0.717, 1.165) is 0 Å².